The number of benzene rings is 1. The number of para-hydroxylation sites is 1. The lowest BCUT2D eigenvalue weighted by Crippen LogP contribution is -2.62. The predicted octanol–water partition coefficient (Wildman–Crippen LogP) is 0.447. The highest BCUT2D eigenvalue weighted by Crippen LogP contribution is 2.20. The number of fused-ring (bicyclic) bond motifs is 1. The fraction of sp³-hybridized carbons (Fsp3) is 0.543. The summed E-state index contributed by atoms with van der Waals surface area (Å²) >= 11 is 4.95. The Kier molecular flexibility index (Phi) is 24.5. The van der Waals surface area contributed by atoms with Gasteiger partial charge in [-0.1, -0.05) is 72.6 Å². The average molecular weight is 1050 g/mol. The van der Waals surface area contributed by atoms with Crippen LogP contribution in [0, 0.1) is 17.8 Å². The maximum atomic E-state index is 14.1. The molecule has 9 atom stereocenters. The van der Waals surface area contributed by atoms with Gasteiger partial charge < -0.3 is 62.3 Å². The fourth-order valence-electron chi connectivity index (χ4n) is 7.29. The SMILES string of the molecule is CC[C@H](C)[C@H](NC(=O)[C@H](CC(=O)O)NC(=O)[C@H](CC(C)C)NC(=O)[C@H](Cc1c[nH]cn1)NC(=O)[C@H](CS)NC(=O)CSCC(=O)OO)C(=O)N[C@H](C(=O)N[C@@H](Cc1c[nH]c2ccccc12)C(=O)O)[C@@H](C)CC. The highest BCUT2D eigenvalue weighted by Gasteiger charge is 2.37. The summed E-state index contributed by atoms with van der Waals surface area (Å²) in [7, 11) is 0. The zero-order valence-electron chi connectivity index (χ0n) is 40.8. The molecular formula is C46H66N10O14S2. The Labute approximate surface area is 425 Å². The Balaban J connectivity index is 1.82. The van der Waals surface area contributed by atoms with Gasteiger partial charge in [-0.3, -0.25) is 38.4 Å². The maximum absolute atomic E-state index is 14.1. The standard InChI is InChI=1S/C46H66N10O14S2/c1-7-24(5)38(44(65)54-33(46(67)68)14-26-17-48-29-12-10-9-11-28(26)29)56-45(66)39(25(6)8-2)55-42(63)32(16-36(58)59)53-40(61)30(13-23(3)4)51-41(62)31(15-27-18-47-22-49-27)52-43(64)34(19-71)50-35(57)20-72-21-37(60)70-69/h9-12,17-18,22-25,30-34,38-39,48,69,71H,7-8,13-16,19-21H2,1-6H3,(H,47,49)(H,50,57)(H,51,62)(H,52,64)(H,53,61)(H,54,65)(H,55,63)(H,56,66)(H,58,59)(H,67,68)/t24-,25-,30-,31-,32-,33-,34-,38-,39-/m0/s1. The van der Waals surface area contributed by atoms with Crippen LogP contribution in [0.3, 0.4) is 0 Å². The van der Waals surface area contributed by atoms with Crippen LogP contribution in [0.5, 0.6) is 0 Å². The second-order valence-electron chi connectivity index (χ2n) is 17.6. The number of rotatable bonds is 31. The van der Waals surface area contributed by atoms with Crippen LogP contribution < -0.4 is 37.2 Å². The molecule has 0 spiro atoms. The third-order valence-electron chi connectivity index (χ3n) is 11.6. The first-order chi connectivity index (χ1) is 34.1. The largest absolute Gasteiger partial charge is 0.481 e. The molecule has 0 unspecified atom stereocenters. The zero-order chi connectivity index (χ0) is 53.7. The lowest BCUT2D eigenvalue weighted by atomic mass is 9.94. The van der Waals surface area contributed by atoms with Gasteiger partial charge in [-0.15, -0.1) is 11.8 Å². The highest BCUT2D eigenvalue weighted by molar-refractivity contribution is 8.00. The van der Waals surface area contributed by atoms with Gasteiger partial charge in [0.25, 0.3) is 0 Å². The number of amides is 7. The first-order valence-electron chi connectivity index (χ1n) is 23.2. The van der Waals surface area contributed by atoms with E-state index in [1.54, 1.807) is 53.8 Å². The summed E-state index contributed by atoms with van der Waals surface area (Å²) in [6.45, 7) is 10.3. The second kappa shape index (κ2) is 29.6. The number of aromatic nitrogens is 3. The number of carbonyl (C=O) groups is 10. The molecule has 12 N–H and O–H groups in total. The number of carbonyl (C=O) groups excluding carboxylic acids is 8. The molecule has 0 aliphatic rings. The van der Waals surface area contributed by atoms with Crippen molar-refractivity contribution >= 4 is 94.6 Å². The van der Waals surface area contributed by atoms with E-state index in [9.17, 15) is 58.2 Å². The molecule has 72 heavy (non-hydrogen) atoms. The lowest BCUT2D eigenvalue weighted by molar-refractivity contribution is -0.230. The van der Waals surface area contributed by atoms with Crippen molar-refractivity contribution in [1.29, 1.82) is 0 Å². The summed E-state index contributed by atoms with van der Waals surface area (Å²) in [6.07, 6.45) is 3.84. The number of nitrogens with one attached hydrogen (secondary N) is 9. The van der Waals surface area contributed by atoms with Gasteiger partial charge in [0, 0.05) is 41.9 Å². The Morgan fingerprint density at radius 3 is 1.81 bits per heavy atom. The maximum Gasteiger partial charge on any atom is 0.351 e. The smallest absolute Gasteiger partial charge is 0.351 e. The summed E-state index contributed by atoms with van der Waals surface area (Å²) < 4.78 is 0. The molecule has 3 aromatic rings. The number of imidazole rings is 1. The van der Waals surface area contributed by atoms with E-state index in [0.29, 0.717) is 24.1 Å². The minimum absolute atomic E-state index is 0.0413. The van der Waals surface area contributed by atoms with Crippen molar-refractivity contribution in [3.05, 3.63) is 54.2 Å². The Bertz CT molecular complexity index is 2350. The van der Waals surface area contributed by atoms with Crippen LogP contribution in [0.1, 0.15) is 78.5 Å². The molecule has 0 aliphatic heterocycles. The molecule has 2 heterocycles. The number of nitrogens with zero attached hydrogens (tertiary/aromatic N) is 1. The van der Waals surface area contributed by atoms with E-state index >= 15 is 0 Å². The number of carboxylic acids is 2. The van der Waals surface area contributed by atoms with Gasteiger partial charge in [0.2, 0.25) is 41.4 Å². The van der Waals surface area contributed by atoms with Gasteiger partial charge >= 0.3 is 17.9 Å². The lowest BCUT2D eigenvalue weighted by Gasteiger charge is -2.31. The molecule has 0 radical (unpaired) electrons. The molecule has 0 fully saturated rings. The van der Waals surface area contributed by atoms with Gasteiger partial charge in [0.1, 0.15) is 42.3 Å². The molecule has 2 aromatic heterocycles. The van der Waals surface area contributed by atoms with Crippen molar-refractivity contribution in [3.8, 4) is 0 Å². The van der Waals surface area contributed by atoms with Gasteiger partial charge in [-0.25, -0.2) is 14.6 Å². The van der Waals surface area contributed by atoms with Crippen molar-refractivity contribution in [1.82, 2.24) is 52.2 Å². The highest BCUT2D eigenvalue weighted by atomic mass is 32.2. The van der Waals surface area contributed by atoms with E-state index in [-0.39, 0.29) is 42.4 Å². The molecule has 7 amide bonds. The first-order valence-corrected chi connectivity index (χ1v) is 25.0. The molecule has 396 valence electrons. The van der Waals surface area contributed by atoms with Crippen molar-refractivity contribution in [2.45, 2.75) is 122 Å². The van der Waals surface area contributed by atoms with E-state index in [4.69, 9.17) is 5.26 Å². The number of carboxylic acid groups (broad SMARTS) is 2. The van der Waals surface area contributed by atoms with Crippen molar-refractivity contribution in [3.63, 3.8) is 0 Å². The molecule has 0 aliphatic carbocycles. The topological polar surface area (TPSA) is 369 Å². The van der Waals surface area contributed by atoms with E-state index in [1.807, 2.05) is 18.2 Å². The third kappa shape index (κ3) is 18.8. The number of aliphatic carboxylic acids is 2. The van der Waals surface area contributed by atoms with E-state index < -0.39 is 120 Å². The van der Waals surface area contributed by atoms with E-state index in [2.05, 4.69) is 69.7 Å². The first kappa shape index (κ1) is 59.6. The normalized spacial score (nSPS) is 15.0. The molecule has 0 saturated carbocycles. The molecule has 3 rings (SSSR count). The Morgan fingerprint density at radius 2 is 1.24 bits per heavy atom. The molecule has 0 saturated heterocycles. The van der Waals surface area contributed by atoms with Crippen LogP contribution in [0.2, 0.25) is 0 Å². The van der Waals surface area contributed by atoms with Gasteiger partial charge in [0.05, 0.1) is 29.9 Å². The molecule has 26 heteroatoms. The minimum Gasteiger partial charge on any atom is -0.481 e. The Hall–Kier alpha value is -6.67. The van der Waals surface area contributed by atoms with Crippen LogP contribution >= 0.6 is 24.4 Å². The quantitative estimate of drug-likeness (QED) is 0.0236. The van der Waals surface area contributed by atoms with Crippen LogP contribution in [0.15, 0.2) is 43.0 Å². The molecular weight excluding hydrogens is 981 g/mol. The summed E-state index contributed by atoms with van der Waals surface area (Å²) in [6, 6.07) is -2.71. The summed E-state index contributed by atoms with van der Waals surface area (Å²) in [5, 5.41) is 47.0. The summed E-state index contributed by atoms with van der Waals surface area (Å²) in [5.41, 5.74) is 1.74. The van der Waals surface area contributed by atoms with E-state index in [0.717, 1.165) is 22.7 Å². The molecule has 0 bridgehead atoms. The second-order valence-corrected chi connectivity index (χ2v) is 19.0. The van der Waals surface area contributed by atoms with Crippen molar-refractivity contribution < 1.29 is 68.3 Å². The minimum atomic E-state index is -1.80. The van der Waals surface area contributed by atoms with Gasteiger partial charge in [-0.05, 0) is 35.8 Å². The number of H-pyrrole nitrogens is 2. The number of aromatic amines is 2. The van der Waals surface area contributed by atoms with Crippen LogP contribution in [0.25, 0.3) is 10.9 Å². The van der Waals surface area contributed by atoms with Gasteiger partial charge in [0.15, 0.2) is 0 Å². The third-order valence-corrected chi connectivity index (χ3v) is 12.9. The fourth-order valence-corrected chi connectivity index (χ4v) is 8.14. The predicted molar refractivity (Wildman–Crippen MR) is 266 cm³/mol. The molecule has 24 nitrogen and oxygen atoms in total. The summed E-state index contributed by atoms with van der Waals surface area (Å²) in [5.74, 6) is -12.2. The van der Waals surface area contributed by atoms with Crippen LogP contribution in [-0.4, -0.2) is 149 Å². The number of thioether (sulfide) groups is 1. The Morgan fingerprint density at radius 1 is 0.681 bits per heavy atom. The van der Waals surface area contributed by atoms with Gasteiger partial charge in [-0.2, -0.15) is 17.9 Å². The molecule has 1 aromatic carbocycles. The monoisotopic (exact) mass is 1050 g/mol. The zero-order valence-corrected chi connectivity index (χ0v) is 42.5. The number of thiol groups is 1. The van der Waals surface area contributed by atoms with Crippen LogP contribution in [0.4, 0.5) is 0 Å². The van der Waals surface area contributed by atoms with E-state index in [1.165, 1.54) is 12.5 Å². The van der Waals surface area contributed by atoms with Crippen LogP contribution in [-0.2, 0) is 65.7 Å². The average Bonchev–Trinajstić information content (AvgIpc) is 4.02. The summed E-state index contributed by atoms with van der Waals surface area (Å²) in [4.78, 5) is 145. The van der Waals surface area contributed by atoms with Crippen molar-refractivity contribution in [2.24, 2.45) is 17.8 Å². The number of hydrogen-bond donors (Lipinski definition) is 13. The van der Waals surface area contributed by atoms with Crippen molar-refractivity contribution in [2.75, 3.05) is 17.3 Å². The number of hydrogen-bond acceptors (Lipinski definition) is 15.